The smallest absolute Gasteiger partial charge is 0.0931 e. The molecule has 0 spiro atoms. The van der Waals surface area contributed by atoms with Gasteiger partial charge in [-0.1, -0.05) is 43.6 Å². The maximum absolute atomic E-state index is 10.4. The van der Waals surface area contributed by atoms with Gasteiger partial charge in [-0.25, -0.2) is 0 Å². The van der Waals surface area contributed by atoms with Crippen LogP contribution in [0.15, 0.2) is 30.5 Å². The van der Waals surface area contributed by atoms with Crippen molar-refractivity contribution in [1.82, 2.24) is 14.7 Å². The van der Waals surface area contributed by atoms with E-state index in [1.807, 2.05) is 43.2 Å². The zero-order valence-electron chi connectivity index (χ0n) is 13.6. The van der Waals surface area contributed by atoms with Gasteiger partial charge >= 0.3 is 0 Å². The van der Waals surface area contributed by atoms with Crippen molar-refractivity contribution in [2.24, 2.45) is 7.05 Å². The molecule has 0 fully saturated rings. The third-order valence-corrected chi connectivity index (χ3v) is 4.02. The molecule has 0 aliphatic carbocycles. The summed E-state index contributed by atoms with van der Waals surface area (Å²) in [5, 5.41) is 15.5. The Balaban J connectivity index is 2.04. The summed E-state index contributed by atoms with van der Waals surface area (Å²) in [6.07, 6.45) is 1.45. The molecule has 0 radical (unpaired) electrons. The monoisotopic (exact) mass is 321 g/mol. The Kier molecular flexibility index (Phi) is 5.62. The molecule has 0 saturated heterocycles. The number of hydrogen-bond acceptors (Lipinski definition) is 3. The van der Waals surface area contributed by atoms with Crippen LogP contribution >= 0.6 is 11.6 Å². The Morgan fingerprint density at radius 1 is 1.32 bits per heavy atom. The van der Waals surface area contributed by atoms with Crippen molar-refractivity contribution in [1.29, 1.82) is 0 Å². The Morgan fingerprint density at radius 3 is 2.64 bits per heavy atom. The molecule has 1 aromatic heterocycles. The van der Waals surface area contributed by atoms with Crippen LogP contribution in [0.1, 0.15) is 42.7 Å². The maximum atomic E-state index is 10.4. The number of halogens is 1. The summed E-state index contributed by atoms with van der Waals surface area (Å²) in [4.78, 5) is 2.09. The minimum atomic E-state index is -0.599. The van der Waals surface area contributed by atoms with Gasteiger partial charge < -0.3 is 5.11 Å². The second kappa shape index (κ2) is 7.27. The van der Waals surface area contributed by atoms with Crippen LogP contribution in [0.25, 0.3) is 0 Å². The first-order valence-electron chi connectivity index (χ1n) is 7.52. The topological polar surface area (TPSA) is 41.3 Å². The van der Waals surface area contributed by atoms with Crippen molar-refractivity contribution in [3.05, 3.63) is 52.3 Å². The van der Waals surface area contributed by atoms with Gasteiger partial charge in [0.2, 0.25) is 0 Å². The fraction of sp³-hybridized carbons (Fsp3) is 0.471. The van der Waals surface area contributed by atoms with Crippen LogP contribution in [-0.4, -0.2) is 33.4 Å². The predicted octanol–water partition coefficient (Wildman–Crippen LogP) is 3.36. The minimum absolute atomic E-state index is 0.387. The molecule has 0 aliphatic rings. The second-order valence-corrected chi connectivity index (χ2v) is 6.51. The fourth-order valence-electron chi connectivity index (χ4n) is 2.66. The molecule has 1 N–H and O–H groups in total. The number of hydrogen-bond donors (Lipinski definition) is 1. The summed E-state index contributed by atoms with van der Waals surface area (Å²) in [7, 11) is 3.94. The fourth-order valence-corrected chi connectivity index (χ4v) is 2.92. The number of rotatable bonds is 6. The molecule has 1 unspecified atom stereocenters. The summed E-state index contributed by atoms with van der Waals surface area (Å²) in [6.45, 7) is 5.56. The Hall–Kier alpha value is -1.36. The molecule has 0 amide bonds. The molecule has 4 nitrogen and oxygen atoms in total. The van der Waals surface area contributed by atoms with Crippen LogP contribution in [0.2, 0.25) is 5.02 Å². The lowest BCUT2D eigenvalue weighted by Crippen LogP contribution is -2.24. The highest BCUT2D eigenvalue weighted by atomic mass is 35.5. The summed E-state index contributed by atoms with van der Waals surface area (Å²) in [5.74, 6) is 0.387. The lowest BCUT2D eigenvalue weighted by molar-refractivity contribution is 0.123. The number of aryl methyl sites for hydroxylation is 1. The number of benzene rings is 1. The standard InChI is InChI=1S/C17H24ClN3O/c1-12(2)17-13(10-21(4)19-17)9-20(3)11-16(22)14-7-5-6-8-15(14)18/h5-8,10,12,16,22H,9,11H2,1-4H3. The van der Waals surface area contributed by atoms with Gasteiger partial charge in [0.25, 0.3) is 0 Å². The lowest BCUT2D eigenvalue weighted by atomic mass is 10.1. The van der Waals surface area contributed by atoms with Crippen molar-refractivity contribution in [2.75, 3.05) is 13.6 Å². The lowest BCUT2D eigenvalue weighted by Gasteiger charge is -2.21. The van der Waals surface area contributed by atoms with E-state index in [0.717, 1.165) is 17.8 Å². The maximum Gasteiger partial charge on any atom is 0.0931 e. The van der Waals surface area contributed by atoms with Crippen molar-refractivity contribution < 1.29 is 5.11 Å². The highest BCUT2D eigenvalue weighted by molar-refractivity contribution is 6.31. The molecule has 5 heteroatoms. The first-order valence-corrected chi connectivity index (χ1v) is 7.89. The SMILES string of the molecule is CC(C)c1nn(C)cc1CN(C)CC(O)c1ccccc1Cl. The molecule has 1 heterocycles. The van der Waals surface area contributed by atoms with Crippen molar-refractivity contribution in [3.8, 4) is 0 Å². The first-order chi connectivity index (χ1) is 10.4. The third kappa shape index (κ3) is 4.09. The van der Waals surface area contributed by atoms with Gasteiger partial charge in [-0.3, -0.25) is 9.58 Å². The zero-order chi connectivity index (χ0) is 16.3. The van der Waals surface area contributed by atoms with Crippen LogP contribution in [-0.2, 0) is 13.6 Å². The van der Waals surface area contributed by atoms with Crippen LogP contribution in [0.4, 0.5) is 0 Å². The van der Waals surface area contributed by atoms with E-state index in [1.54, 1.807) is 6.07 Å². The Morgan fingerprint density at radius 2 is 2.00 bits per heavy atom. The summed E-state index contributed by atoms with van der Waals surface area (Å²) >= 11 is 6.14. The minimum Gasteiger partial charge on any atom is -0.387 e. The van der Waals surface area contributed by atoms with Gasteiger partial charge in [0.05, 0.1) is 11.8 Å². The van der Waals surface area contributed by atoms with E-state index in [-0.39, 0.29) is 0 Å². The first kappa shape index (κ1) is 17.0. The number of aliphatic hydroxyl groups excluding tert-OH is 1. The Labute approximate surface area is 137 Å². The van der Waals surface area contributed by atoms with Gasteiger partial charge in [0.15, 0.2) is 0 Å². The molecule has 0 saturated carbocycles. The normalized spacial score (nSPS) is 13.1. The molecule has 2 aromatic rings. The van der Waals surface area contributed by atoms with E-state index in [0.29, 0.717) is 17.5 Å². The van der Waals surface area contributed by atoms with E-state index >= 15 is 0 Å². The van der Waals surface area contributed by atoms with Gasteiger partial charge in [-0.2, -0.15) is 5.10 Å². The Bertz CT molecular complexity index is 624. The molecule has 1 atom stereocenters. The average Bonchev–Trinajstić information content (AvgIpc) is 2.79. The number of aromatic nitrogens is 2. The molecular weight excluding hydrogens is 298 g/mol. The number of nitrogens with zero attached hydrogens (tertiary/aromatic N) is 3. The van der Waals surface area contributed by atoms with E-state index in [4.69, 9.17) is 11.6 Å². The summed E-state index contributed by atoms with van der Waals surface area (Å²) in [6, 6.07) is 7.43. The van der Waals surface area contributed by atoms with Gasteiger partial charge in [0.1, 0.15) is 0 Å². The zero-order valence-corrected chi connectivity index (χ0v) is 14.4. The third-order valence-electron chi connectivity index (χ3n) is 3.67. The van der Waals surface area contributed by atoms with Crippen LogP contribution in [0.5, 0.6) is 0 Å². The van der Waals surface area contributed by atoms with Gasteiger partial charge in [-0.05, 0) is 19.0 Å². The average molecular weight is 322 g/mol. The molecule has 1 aromatic carbocycles. The molecule has 2 rings (SSSR count). The molecule has 0 bridgehead atoms. The van der Waals surface area contributed by atoms with Crippen LogP contribution in [0, 0.1) is 0 Å². The van der Waals surface area contributed by atoms with E-state index in [2.05, 4.69) is 23.8 Å². The quantitative estimate of drug-likeness (QED) is 0.887. The molecule has 120 valence electrons. The molecule has 22 heavy (non-hydrogen) atoms. The molecule has 0 aliphatic heterocycles. The van der Waals surface area contributed by atoms with Crippen LogP contribution < -0.4 is 0 Å². The second-order valence-electron chi connectivity index (χ2n) is 6.10. The van der Waals surface area contributed by atoms with Gasteiger partial charge in [-0.15, -0.1) is 0 Å². The van der Waals surface area contributed by atoms with E-state index in [9.17, 15) is 5.11 Å². The van der Waals surface area contributed by atoms with Crippen molar-refractivity contribution >= 4 is 11.6 Å². The number of aliphatic hydroxyl groups is 1. The highest BCUT2D eigenvalue weighted by Gasteiger charge is 2.17. The molecular formula is C17H24ClN3O. The van der Waals surface area contributed by atoms with Gasteiger partial charge in [0, 0.05) is 42.5 Å². The largest absolute Gasteiger partial charge is 0.387 e. The van der Waals surface area contributed by atoms with Crippen molar-refractivity contribution in [2.45, 2.75) is 32.4 Å². The van der Waals surface area contributed by atoms with Crippen molar-refractivity contribution in [3.63, 3.8) is 0 Å². The number of likely N-dealkylation sites (N-methyl/N-ethyl adjacent to an activating group) is 1. The van der Waals surface area contributed by atoms with Crippen LogP contribution in [0.3, 0.4) is 0 Å². The van der Waals surface area contributed by atoms with E-state index in [1.165, 1.54) is 5.56 Å². The highest BCUT2D eigenvalue weighted by Crippen LogP contribution is 2.24. The predicted molar refractivity (Wildman–Crippen MR) is 90.0 cm³/mol. The van der Waals surface area contributed by atoms with E-state index < -0.39 is 6.10 Å². The summed E-state index contributed by atoms with van der Waals surface area (Å²) in [5.41, 5.74) is 3.08. The summed E-state index contributed by atoms with van der Waals surface area (Å²) < 4.78 is 1.85.